The van der Waals surface area contributed by atoms with Gasteiger partial charge in [0.1, 0.15) is 6.54 Å². The Hall–Kier alpha value is -3.21. The summed E-state index contributed by atoms with van der Waals surface area (Å²) >= 11 is 0. The number of carbonyl (C=O) groups excluding carboxylic acids is 3. The summed E-state index contributed by atoms with van der Waals surface area (Å²) < 4.78 is 0. The highest BCUT2D eigenvalue weighted by molar-refractivity contribution is 6.07. The van der Waals surface area contributed by atoms with Crippen LogP contribution in [0.3, 0.4) is 0 Å². The number of amides is 3. The minimum Gasteiger partial charge on any atom is -0.355 e. The number of carbonyl (C=O) groups is 3. The van der Waals surface area contributed by atoms with Crippen molar-refractivity contribution in [1.82, 2.24) is 10.2 Å². The Morgan fingerprint density at radius 2 is 1.37 bits per heavy atom. The average Bonchev–Trinajstić information content (AvgIpc) is 3.03. The quantitative estimate of drug-likeness (QED) is 0.571. The molecule has 2 aromatic carbocycles. The van der Waals surface area contributed by atoms with Crippen LogP contribution in [-0.2, 0) is 14.4 Å². The molecule has 0 spiro atoms. The number of nitrogens with one attached hydrogen (secondary N) is 1. The van der Waals surface area contributed by atoms with Crippen LogP contribution in [0.1, 0.15) is 36.3 Å². The van der Waals surface area contributed by atoms with E-state index < -0.39 is 0 Å². The zero-order valence-electron chi connectivity index (χ0n) is 16.9. The van der Waals surface area contributed by atoms with Gasteiger partial charge in [0.2, 0.25) is 17.7 Å². The van der Waals surface area contributed by atoms with Crippen LogP contribution in [0.5, 0.6) is 0 Å². The summed E-state index contributed by atoms with van der Waals surface area (Å²) in [7, 11) is 0. The number of likely N-dealkylation sites (tertiary alicyclic amines) is 1. The molecule has 5 heteroatoms. The van der Waals surface area contributed by atoms with Crippen LogP contribution in [0.15, 0.2) is 72.8 Å². The van der Waals surface area contributed by atoms with Gasteiger partial charge in [-0.05, 0) is 30.4 Å². The highest BCUT2D eigenvalue weighted by atomic mass is 16.2. The highest BCUT2D eigenvalue weighted by Gasteiger charge is 2.47. The van der Waals surface area contributed by atoms with E-state index in [0.29, 0.717) is 19.4 Å². The van der Waals surface area contributed by atoms with E-state index in [-0.39, 0.29) is 42.0 Å². The van der Waals surface area contributed by atoms with E-state index in [9.17, 15) is 14.4 Å². The van der Waals surface area contributed by atoms with Crippen molar-refractivity contribution in [3.8, 4) is 0 Å². The maximum Gasteiger partial charge on any atom is 0.240 e. The molecule has 1 N–H and O–H groups in total. The molecule has 1 aliphatic carbocycles. The van der Waals surface area contributed by atoms with Gasteiger partial charge in [-0.1, -0.05) is 72.8 Å². The number of nitrogens with zero attached hydrogens (tertiary/aromatic N) is 1. The third kappa shape index (κ3) is 4.20. The Kier molecular flexibility index (Phi) is 6.07. The molecule has 1 aliphatic heterocycles. The molecule has 154 valence electrons. The van der Waals surface area contributed by atoms with Crippen LogP contribution in [-0.4, -0.2) is 35.7 Å². The van der Waals surface area contributed by atoms with Crippen molar-refractivity contribution < 1.29 is 14.4 Å². The fraction of sp³-hybridized carbons (Fsp3) is 0.320. The van der Waals surface area contributed by atoms with Crippen molar-refractivity contribution in [3.63, 3.8) is 0 Å². The van der Waals surface area contributed by atoms with E-state index in [1.807, 2.05) is 48.6 Å². The van der Waals surface area contributed by atoms with Crippen molar-refractivity contribution in [3.05, 3.63) is 83.9 Å². The fourth-order valence-electron chi connectivity index (χ4n) is 4.48. The summed E-state index contributed by atoms with van der Waals surface area (Å²) in [6.45, 7) is 0.282. The molecule has 30 heavy (non-hydrogen) atoms. The van der Waals surface area contributed by atoms with Crippen LogP contribution in [0.4, 0.5) is 0 Å². The van der Waals surface area contributed by atoms with E-state index in [2.05, 4.69) is 29.6 Å². The summed E-state index contributed by atoms with van der Waals surface area (Å²) in [4.78, 5) is 38.7. The Balaban J connectivity index is 1.35. The minimum atomic E-state index is -0.296. The SMILES string of the molecule is O=C(CN1C(=O)[C@H]2CC=CC[C@H]2C1=O)NCCC(c1ccccc1)c1ccccc1. The number of allylic oxidation sites excluding steroid dienone is 2. The van der Waals surface area contributed by atoms with Crippen LogP contribution < -0.4 is 5.32 Å². The number of fused-ring (bicyclic) bond motifs is 1. The van der Waals surface area contributed by atoms with Gasteiger partial charge in [-0.25, -0.2) is 0 Å². The zero-order valence-corrected chi connectivity index (χ0v) is 16.9. The summed E-state index contributed by atoms with van der Waals surface area (Å²) in [5.41, 5.74) is 2.39. The van der Waals surface area contributed by atoms with Gasteiger partial charge in [-0.3, -0.25) is 19.3 Å². The van der Waals surface area contributed by atoms with Gasteiger partial charge >= 0.3 is 0 Å². The van der Waals surface area contributed by atoms with Crippen LogP contribution >= 0.6 is 0 Å². The normalized spacial score (nSPS) is 20.5. The third-order valence-corrected chi connectivity index (χ3v) is 6.06. The van der Waals surface area contributed by atoms with Crippen molar-refractivity contribution >= 4 is 17.7 Å². The van der Waals surface area contributed by atoms with Crippen molar-refractivity contribution in [1.29, 1.82) is 0 Å². The summed E-state index contributed by atoms with van der Waals surface area (Å²) in [5.74, 6) is -1.14. The van der Waals surface area contributed by atoms with Gasteiger partial charge in [-0.15, -0.1) is 0 Å². The van der Waals surface area contributed by atoms with E-state index in [1.54, 1.807) is 0 Å². The maximum atomic E-state index is 12.5. The van der Waals surface area contributed by atoms with Crippen molar-refractivity contribution in [2.75, 3.05) is 13.1 Å². The molecule has 1 heterocycles. The van der Waals surface area contributed by atoms with Crippen molar-refractivity contribution in [2.45, 2.75) is 25.2 Å². The zero-order chi connectivity index (χ0) is 20.9. The number of hydrogen-bond acceptors (Lipinski definition) is 3. The molecule has 5 nitrogen and oxygen atoms in total. The Bertz CT molecular complexity index is 874. The molecule has 0 saturated carbocycles. The minimum absolute atomic E-state index is 0.164. The lowest BCUT2D eigenvalue weighted by molar-refractivity contribution is -0.143. The van der Waals surface area contributed by atoms with Gasteiger partial charge in [0.15, 0.2) is 0 Å². The smallest absolute Gasteiger partial charge is 0.240 e. The second-order valence-corrected chi connectivity index (χ2v) is 7.93. The molecule has 2 atom stereocenters. The molecular weight excluding hydrogens is 376 g/mol. The van der Waals surface area contributed by atoms with Crippen LogP contribution in [0, 0.1) is 11.8 Å². The van der Waals surface area contributed by atoms with Gasteiger partial charge < -0.3 is 5.32 Å². The largest absolute Gasteiger partial charge is 0.355 e. The molecule has 0 unspecified atom stereocenters. The van der Waals surface area contributed by atoms with Crippen LogP contribution in [0.2, 0.25) is 0 Å². The summed E-state index contributed by atoms with van der Waals surface area (Å²) in [5, 5.41) is 2.90. The fourth-order valence-corrected chi connectivity index (χ4v) is 4.48. The standard InChI is InChI=1S/C25H26N2O3/c28-23(17-27-24(29)21-13-7-8-14-22(21)25(27)30)26-16-15-20(18-9-3-1-4-10-18)19-11-5-2-6-12-19/h1-12,20-22H,13-17H2,(H,26,28)/t21-,22+. The Morgan fingerprint density at radius 3 is 1.87 bits per heavy atom. The molecule has 0 bridgehead atoms. The van der Waals surface area contributed by atoms with E-state index in [4.69, 9.17) is 0 Å². The summed E-state index contributed by atoms with van der Waals surface area (Å²) in [6.07, 6.45) is 5.80. The van der Waals surface area contributed by atoms with Gasteiger partial charge in [0.25, 0.3) is 0 Å². The first-order valence-corrected chi connectivity index (χ1v) is 10.5. The maximum absolute atomic E-state index is 12.5. The summed E-state index contributed by atoms with van der Waals surface area (Å²) in [6, 6.07) is 20.4. The highest BCUT2D eigenvalue weighted by Crippen LogP contribution is 2.34. The average molecular weight is 402 g/mol. The second-order valence-electron chi connectivity index (χ2n) is 7.93. The first-order chi connectivity index (χ1) is 14.6. The number of rotatable bonds is 7. The topological polar surface area (TPSA) is 66.5 Å². The molecule has 0 aromatic heterocycles. The number of hydrogen-bond donors (Lipinski definition) is 1. The molecule has 4 rings (SSSR count). The first-order valence-electron chi connectivity index (χ1n) is 10.5. The lowest BCUT2D eigenvalue weighted by Crippen LogP contribution is -2.41. The monoisotopic (exact) mass is 402 g/mol. The Labute approximate surface area is 176 Å². The van der Waals surface area contributed by atoms with Gasteiger partial charge in [-0.2, -0.15) is 0 Å². The molecule has 2 aromatic rings. The molecule has 1 fully saturated rings. The number of benzene rings is 2. The second kappa shape index (κ2) is 9.08. The molecule has 0 radical (unpaired) electrons. The van der Waals surface area contributed by atoms with Crippen molar-refractivity contribution in [2.24, 2.45) is 11.8 Å². The lowest BCUT2D eigenvalue weighted by atomic mass is 9.85. The number of imide groups is 1. The first kappa shape index (κ1) is 20.1. The molecule has 1 saturated heterocycles. The van der Waals surface area contributed by atoms with Gasteiger partial charge in [0, 0.05) is 12.5 Å². The lowest BCUT2D eigenvalue weighted by Gasteiger charge is -2.19. The predicted molar refractivity (Wildman–Crippen MR) is 114 cm³/mol. The van der Waals surface area contributed by atoms with E-state index in [1.165, 1.54) is 11.1 Å². The van der Waals surface area contributed by atoms with E-state index >= 15 is 0 Å². The molecule has 2 aliphatic rings. The molecule has 3 amide bonds. The van der Waals surface area contributed by atoms with E-state index in [0.717, 1.165) is 11.3 Å². The molecular formula is C25H26N2O3. The van der Waals surface area contributed by atoms with Crippen LogP contribution in [0.25, 0.3) is 0 Å². The predicted octanol–water partition coefficient (Wildman–Crippen LogP) is 3.28. The Morgan fingerprint density at radius 1 is 0.867 bits per heavy atom. The van der Waals surface area contributed by atoms with Gasteiger partial charge in [0.05, 0.1) is 11.8 Å². The third-order valence-electron chi connectivity index (χ3n) is 6.06.